The number of morpholine rings is 1. The molecule has 110 valence electrons. The molecule has 0 amide bonds. The minimum absolute atomic E-state index is 0.0149. The first-order chi connectivity index (χ1) is 9.72. The molecule has 10 heteroatoms. The van der Waals surface area contributed by atoms with E-state index in [0.717, 1.165) is 32.8 Å². The third-order valence-electron chi connectivity index (χ3n) is 2.97. The maximum absolute atomic E-state index is 11.0. The van der Waals surface area contributed by atoms with Gasteiger partial charge in [0.25, 0.3) is 0 Å². The van der Waals surface area contributed by atoms with Crippen molar-refractivity contribution in [3.63, 3.8) is 0 Å². The lowest BCUT2D eigenvalue weighted by Gasteiger charge is -2.26. The molecule has 1 aliphatic rings. The molecule has 10 nitrogen and oxygen atoms in total. The van der Waals surface area contributed by atoms with Gasteiger partial charge in [0.2, 0.25) is 11.6 Å². The molecule has 0 radical (unpaired) electrons. The van der Waals surface area contributed by atoms with Gasteiger partial charge in [-0.25, -0.2) is 15.8 Å². The van der Waals surface area contributed by atoms with Crippen molar-refractivity contribution < 1.29 is 9.66 Å². The summed E-state index contributed by atoms with van der Waals surface area (Å²) in [5.41, 5.74) is 1.94. The van der Waals surface area contributed by atoms with Gasteiger partial charge < -0.3 is 15.5 Å². The average molecular weight is 283 g/mol. The number of rotatable bonds is 6. The van der Waals surface area contributed by atoms with E-state index in [2.05, 4.69) is 25.6 Å². The summed E-state index contributed by atoms with van der Waals surface area (Å²) >= 11 is 0. The molecule has 1 aromatic rings. The van der Waals surface area contributed by atoms with Gasteiger partial charge in [-0.1, -0.05) is 0 Å². The molecule has 0 aliphatic carbocycles. The number of nitrogens with two attached hydrogens (primary N) is 1. The van der Waals surface area contributed by atoms with Crippen LogP contribution in [0.4, 0.5) is 17.3 Å². The molecule has 0 aromatic carbocycles. The topological polar surface area (TPSA) is 131 Å². The van der Waals surface area contributed by atoms with Gasteiger partial charge >= 0.3 is 5.69 Å². The van der Waals surface area contributed by atoms with Gasteiger partial charge in [-0.2, -0.15) is 0 Å². The van der Waals surface area contributed by atoms with E-state index in [9.17, 15) is 10.1 Å². The second-order valence-corrected chi connectivity index (χ2v) is 4.20. The quantitative estimate of drug-likeness (QED) is 0.356. The molecule has 2 rings (SSSR count). The Balaban J connectivity index is 1.96. The first-order valence-electron chi connectivity index (χ1n) is 6.22. The van der Waals surface area contributed by atoms with Gasteiger partial charge in [0.15, 0.2) is 0 Å². The lowest BCUT2D eigenvalue weighted by Crippen LogP contribution is -2.39. The van der Waals surface area contributed by atoms with Crippen LogP contribution in [0.2, 0.25) is 0 Å². The standard InChI is InChI=1S/C10H17N7O3/c11-15-10-8(17(18)19)9(13-7-14-10)12-1-2-16-3-5-20-6-4-16/h7H,1-6,11H2,(H2,12,13,14,15). The zero-order valence-corrected chi connectivity index (χ0v) is 10.9. The van der Waals surface area contributed by atoms with Crippen LogP contribution in [0, 0.1) is 10.1 Å². The van der Waals surface area contributed by atoms with Gasteiger partial charge in [0, 0.05) is 26.2 Å². The second-order valence-electron chi connectivity index (χ2n) is 4.20. The van der Waals surface area contributed by atoms with E-state index < -0.39 is 4.92 Å². The zero-order valence-electron chi connectivity index (χ0n) is 10.9. The monoisotopic (exact) mass is 283 g/mol. The van der Waals surface area contributed by atoms with Crippen molar-refractivity contribution in [3.8, 4) is 0 Å². The summed E-state index contributed by atoms with van der Waals surface area (Å²) in [7, 11) is 0. The highest BCUT2D eigenvalue weighted by molar-refractivity contribution is 5.68. The van der Waals surface area contributed by atoms with Crippen LogP contribution in [0.15, 0.2) is 6.33 Å². The van der Waals surface area contributed by atoms with Gasteiger partial charge in [0.05, 0.1) is 18.1 Å². The Morgan fingerprint density at radius 2 is 2.10 bits per heavy atom. The summed E-state index contributed by atoms with van der Waals surface area (Å²) in [4.78, 5) is 20.3. The van der Waals surface area contributed by atoms with E-state index >= 15 is 0 Å². The zero-order chi connectivity index (χ0) is 14.4. The SMILES string of the molecule is NNc1ncnc(NCCN2CCOCC2)c1[N+](=O)[O-]. The van der Waals surface area contributed by atoms with Crippen molar-refractivity contribution in [2.75, 3.05) is 50.1 Å². The van der Waals surface area contributed by atoms with Crippen molar-refractivity contribution in [3.05, 3.63) is 16.4 Å². The number of nitrogens with one attached hydrogen (secondary N) is 2. The highest BCUT2D eigenvalue weighted by Crippen LogP contribution is 2.27. The van der Waals surface area contributed by atoms with E-state index in [1.54, 1.807) is 0 Å². The number of ether oxygens (including phenoxy) is 1. The third-order valence-corrected chi connectivity index (χ3v) is 2.97. The maximum atomic E-state index is 11.0. The Morgan fingerprint density at radius 1 is 1.40 bits per heavy atom. The van der Waals surface area contributed by atoms with Gasteiger partial charge in [-0.15, -0.1) is 0 Å². The van der Waals surface area contributed by atoms with E-state index in [4.69, 9.17) is 10.6 Å². The smallest absolute Gasteiger partial charge is 0.354 e. The van der Waals surface area contributed by atoms with E-state index in [0.29, 0.717) is 6.54 Å². The largest absolute Gasteiger partial charge is 0.379 e. The maximum Gasteiger partial charge on any atom is 0.354 e. The van der Waals surface area contributed by atoms with E-state index in [1.165, 1.54) is 6.33 Å². The van der Waals surface area contributed by atoms with E-state index in [1.807, 2.05) is 0 Å². The molecular formula is C10H17N7O3. The lowest BCUT2D eigenvalue weighted by atomic mass is 10.4. The van der Waals surface area contributed by atoms with Crippen LogP contribution < -0.4 is 16.6 Å². The molecule has 1 aliphatic heterocycles. The predicted molar refractivity (Wildman–Crippen MR) is 72.2 cm³/mol. The lowest BCUT2D eigenvalue weighted by molar-refractivity contribution is -0.383. The van der Waals surface area contributed by atoms with Crippen LogP contribution in [0.25, 0.3) is 0 Å². The molecule has 1 aromatic heterocycles. The number of aromatic nitrogens is 2. The Bertz CT molecular complexity index is 464. The molecule has 0 saturated carbocycles. The highest BCUT2D eigenvalue weighted by Gasteiger charge is 2.22. The molecule has 20 heavy (non-hydrogen) atoms. The van der Waals surface area contributed by atoms with Crippen LogP contribution in [-0.2, 0) is 4.74 Å². The third kappa shape index (κ3) is 3.50. The van der Waals surface area contributed by atoms with Crippen molar-refractivity contribution >= 4 is 17.3 Å². The molecular weight excluding hydrogens is 266 g/mol. The molecule has 0 unspecified atom stereocenters. The molecule has 1 saturated heterocycles. The van der Waals surface area contributed by atoms with Crippen molar-refractivity contribution in [2.24, 2.45) is 5.84 Å². The Hall–Kier alpha value is -2.04. The first kappa shape index (κ1) is 14.4. The second kappa shape index (κ2) is 6.93. The summed E-state index contributed by atoms with van der Waals surface area (Å²) < 4.78 is 5.25. The normalized spacial score (nSPS) is 15.8. The summed E-state index contributed by atoms with van der Waals surface area (Å²) in [6, 6.07) is 0. The Morgan fingerprint density at radius 3 is 2.75 bits per heavy atom. The summed E-state index contributed by atoms with van der Waals surface area (Å²) in [6.45, 7) is 4.47. The first-order valence-corrected chi connectivity index (χ1v) is 6.22. The van der Waals surface area contributed by atoms with E-state index in [-0.39, 0.29) is 17.3 Å². The molecule has 2 heterocycles. The van der Waals surface area contributed by atoms with Crippen LogP contribution in [0.5, 0.6) is 0 Å². The van der Waals surface area contributed by atoms with Crippen LogP contribution in [0.1, 0.15) is 0 Å². The van der Waals surface area contributed by atoms with Gasteiger partial charge in [-0.05, 0) is 0 Å². The number of hydrazine groups is 1. The number of nitro groups is 1. The fourth-order valence-electron chi connectivity index (χ4n) is 1.94. The minimum Gasteiger partial charge on any atom is -0.379 e. The van der Waals surface area contributed by atoms with Gasteiger partial charge in [0.1, 0.15) is 6.33 Å². The van der Waals surface area contributed by atoms with Crippen molar-refractivity contribution in [1.82, 2.24) is 14.9 Å². The summed E-state index contributed by atoms with van der Waals surface area (Å²) in [6.07, 6.45) is 1.22. The van der Waals surface area contributed by atoms with Crippen molar-refractivity contribution in [1.29, 1.82) is 0 Å². The average Bonchev–Trinajstić information content (AvgIpc) is 2.47. The Labute approximate surface area is 115 Å². The molecule has 0 atom stereocenters. The molecule has 0 spiro atoms. The van der Waals surface area contributed by atoms with Crippen LogP contribution >= 0.6 is 0 Å². The summed E-state index contributed by atoms with van der Waals surface area (Å²) in [5, 5.41) is 14.0. The van der Waals surface area contributed by atoms with Crippen LogP contribution in [-0.4, -0.2) is 59.2 Å². The number of hydrogen-bond donors (Lipinski definition) is 3. The Kier molecular flexibility index (Phi) is 4.98. The van der Waals surface area contributed by atoms with Crippen LogP contribution in [0.3, 0.4) is 0 Å². The summed E-state index contributed by atoms with van der Waals surface area (Å²) in [5.74, 6) is 5.35. The molecule has 1 fully saturated rings. The molecule has 0 bridgehead atoms. The number of anilines is 2. The molecule has 4 N–H and O–H groups in total. The van der Waals surface area contributed by atoms with Crippen molar-refractivity contribution in [2.45, 2.75) is 0 Å². The minimum atomic E-state index is -0.563. The number of nitrogens with zero attached hydrogens (tertiary/aromatic N) is 4. The highest BCUT2D eigenvalue weighted by atomic mass is 16.6. The fourth-order valence-corrected chi connectivity index (χ4v) is 1.94. The number of hydrogen-bond acceptors (Lipinski definition) is 9. The predicted octanol–water partition coefficient (Wildman–Crippen LogP) is -0.586. The van der Waals surface area contributed by atoms with Gasteiger partial charge in [-0.3, -0.25) is 15.0 Å². The fraction of sp³-hybridized carbons (Fsp3) is 0.600. The number of nitrogen functional groups attached to an aromatic ring is 1.